The smallest absolute Gasteiger partial charge is 0.228 e. The van der Waals surface area contributed by atoms with Crippen LogP contribution in [0.5, 0.6) is 0 Å². The maximum atomic E-state index is 10.8. The van der Waals surface area contributed by atoms with E-state index in [4.69, 9.17) is 0 Å². The van der Waals surface area contributed by atoms with Gasteiger partial charge in [0.05, 0.1) is 0 Å². The van der Waals surface area contributed by atoms with Gasteiger partial charge in [0, 0.05) is 10.5 Å². The van der Waals surface area contributed by atoms with Crippen molar-refractivity contribution in [2.45, 2.75) is 4.90 Å². The van der Waals surface area contributed by atoms with Crippen molar-refractivity contribution in [1.29, 1.82) is 0 Å². The molecule has 0 spiro atoms. The molecule has 0 fully saturated rings. The molecule has 0 amide bonds. The van der Waals surface area contributed by atoms with Gasteiger partial charge in [-0.2, -0.15) is 0 Å². The van der Waals surface area contributed by atoms with Crippen LogP contribution in [0, 0.1) is 0 Å². The summed E-state index contributed by atoms with van der Waals surface area (Å²) in [6.45, 7) is 0. The zero-order valence-corrected chi connectivity index (χ0v) is 8.41. The predicted molar refractivity (Wildman–Crippen MR) is 51.5 cm³/mol. The Balaban J connectivity index is 2.91. The highest BCUT2D eigenvalue weighted by molar-refractivity contribution is 9.18. The number of carbonyl (C=O) groups is 1. The summed E-state index contributed by atoms with van der Waals surface area (Å²) in [5.41, 5.74) is 0.697. The lowest BCUT2D eigenvalue weighted by Crippen LogP contribution is -1.85. The highest BCUT2D eigenvalue weighted by Gasteiger charge is 1.98. The van der Waals surface area contributed by atoms with Crippen LogP contribution in [0.1, 0.15) is 10.4 Å². The van der Waals surface area contributed by atoms with Gasteiger partial charge in [0.2, 0.25) is 4.69 Å². The third kappa shape index (κ3) is 2.34. The van der Waals surface area contributed by atoms with Crippen LogP contribution in [0.2, 0.25) is 0 Å². The van der Waals surface area contributed by atoms with Gasteiger partial charge >= 0.3 is 0 Å². The highest BCUT2D eigenvalue weighted by Crippen LogP contribution is 2.15. The van der Waals surface area contributed by atoms with E-state index in [9.17, 15) is 4.79 Å². The molecule has 0 heterocycles. The molecule has 1 aromatic carbocycles. The molecule has 58 valence electrons. The fraction of sp³-hybridized carbons (Fsp3) is 0.125. The number of halogens is 1. The van der Waals surface area contributed by atoms with Gasteiger partial charge in [0.25, 0.3) is 0 Å². The molecule has 3 heteroatoms. The van der Waals surface area contributed by atoms with Crippen LogP contribution in [0.3, 0.4) is 0 Å². The van der Waals surface area contributed by atoms with Crippen molar-refractivity contribution in [3.05, 3.63) is 29.8 Å². The average Bonchev–Trinajstić information content (AvgIpc) is 2.05. The Labute approximate surface area is 78.3 Å². The minimum atomic E-state index is -0.0647. The minimum Gasteiger partial charge on any atom is -0.281 e. The summed E-state index contributed by atoms with van der Waals surface area (Å²) >= 11 is 4.55. The fourth-order valence-electron chi connectivity index (χ4n) is 0.722. The average molecular weight is 231 g/mol. The molecule has 0 atom stereocenters. The van der Waals surface area contributed by atoms with Gasteiger partial charge in [-0.05, 0) is 46.5 Å². The molecular formula is C8H7BrOS. The summed E-state index contributed by atoms with van der Waals surface area (Å²) in [7, 11) is 0. The van der Waals surface area contributed by atoms with Gasteiger partial charge in [0.1, 0.15) is 0 Å². The number of hydrogen-bond donors (Lipinski definition) is 0. The highest BCUT2D eigenvalue weighted by atomic mass is 79.9. The van der Waals surface area contributed by atoms with Gasteiger partial charge < -0.3 is 0 Å². The van der Waals surface area contributed by atoms with Gasteiger partial charge in [0.15, 0.2) is 0 Å². The lowest BCUT2D eigenvalue weighted by molar-refractivity contribution is 0.109. The maximum Gasteiger partial charge on any atom is 0.228 e. The molecule has 0 saturated carbocycles. The van der Waals surface area contributed by atoms with E-state index in [2.05, 4.69) is 15.9 Å². The molecule has 0 unspecified atom stereocenters. The molecule has 1 aromatic rings. The van der Waals surface area contributed by atoms with Crippen LogP contribution < -0.4 is 0 Å². The third-order valence-corrected chi connectivity index (χ3v) is 2.52. The summed E-state index contributed by atoms with van der Waals surface area (Å²) in [5.74, 6) is 0. The first-order valence-corrected chi connectivity index (χ1v) is 5.09. The molecule has 0 aromatic heterocycles. The summed E-state index contributed by atoms with van der Waals surface area (Å²) in [4.78, 5) is 11.9. The Morgan fingerprint density at radius 2 is 1.91 bits per heavy atom. The van der Waals surface area contributed by atoms with Crippen molar-refractivity contribution in [3.63, 3.8) is 0 Å². The van der Waals surface area contributed by atoms with Crippen molar-refractivity contribution < 1.29 is 4.79 Å². The summed E-state index contributed by atoms with van der Waals surface area (Å²) in [6.07, 6.45) is 2.00. The van der Waals surface area contributed by atoms with Crippen LogP contribution in [-0.4, -0.2) is 10.9 Å². The minimum absolute atomic E-state index is 0.0647. The number of rotatable bonds is 2. The van der Waals surface area contributed by atoms with Gasteiger partial charge in [-0.25, -0.2) is 0 Å². The van der Waals surface area contributed by atoms with Crippen molar-refractivity contribution in [3.8, 4) is 0 Å². The Kier molecular flexibility index (Phi) is 3.15. The molecule has 0 bridgehead atoms. The van der Waals surface area contributed by atoms with E-state index < -0.39 is 0 Å². The van der Waals surface area contributed by atoms with E-state index >= 15 is 0 Å². The first-order valence-electron chi connectivity index (χ1n) is 3.08. The number of benzene rings is 1. The third-order valence-electron chi connectivity index (χ3n) is 1.32. The zero-order valence-electron chi connectivity index (χ0n) is 6.00. The van der Waals surface area contributed by atoms with Gasteiger partial charge in [-0.3, -0.25) is 4.79 Å². The molecular weight excluding hydrogens is 224 g/mol. The normalized spacial score (nSPS) is 9.64. The lowest BCUT2D eigenvalue weighted by atomic mass is 10.2. The molecule has 0 aliphatic rings. The first kappa shape index (κ1) is 8.81. The van der Waals surface area contributed by atoms with E-state index in [-0.39, 0.29) is 4.69 Å². The standard InChI is InChI=1S/C8H7BrOS/c1-11-7-4-2-6(3-5-7)8(9)10/h2-5H,1H3. The van der Waals surface area contributed by atoms with Crippen molar-refractivity contribution in [2.75, 3.05) is 6.26 Å². The second-order valence-corrected chi connectivity index (χ2v) is 3.60. The monoisotopic (exact) mass is 230 g/mol. The van der Waals surface area contributed by atoms with Crippen LogP contribution in [0.25, 0.3) is 0 Å². The van der Waals surface area contributed by atoms with Crippen molar-refractivity contribution >= 4 is 32.4 Å². The summed E-state index contributed by atoms with van der Waals surface area (Å²) in [5, 5.41) is 0. The second-order valence-electron chi connectivity index (χ2n) is 2.00. The van der Waals surface area contributed by atoms with Crippen LogP contribution in [-0.2, 0) is 0 Å². The summed E-state index contributed by atoms with van der Waals surface area (Å²) < 4.78 is -0.0647. The Morgan fingerprint density at radius 1 is 1.36 bits per heavy atom. The molecule has 0 aliphatic carbocycles. The number of thioether (sulfide) groups is 1. The quantitative estimate of drug-likeness (QED) is 0.575. The Morgan fingerprint density at radius 3 is 2.27 bits per heavy atom. The molecule has 0 aliphatic heterocycles. The topological polar surface area (TPSA) is 17.1 Å². The molecule has 1 nitrogen and oxygen atoms in total. The van der Waals surface area contributed by atoms with E-state index in [0.717, 1.165) is 0 Å². The molecule has 0 saturated heterocycles. The van der Waals surface area contributed by atoms with Crippen LogP contribution in [0.4, 0.5) is 0 Å². The van der Waals surface area contributed by atoms with E-state index in [0.29, 0.717) is 5.56 Å². The van der Waals surface area contributed by atoms with Crippen LogP contribution in [0.15, 0.2) is 29.2 Å². The fourth-order valence-corrected chi connectivity index (χ4v) is 1.39. The van der Waals surface area contributed by atoms with Gasteiger partial charge in [-0.15, -0.1) is 11.8 Å². The largest absolute Gasteiger partial charge is 0.281 e. The molecule has 0 radical (unpaired) electrons. The zero-order chi connectivity index (χ0) is 8.27. The van der Waals surface area contributed by atoms with Crippen molar-refractivity contribution in [1.82, 2.24) is 0 Å². The Bertz CT molecular complexity index is 255. The molecule has 0 N–H and O–H groups in total. The second kappa shape index (κ2) is 3.93. The SMILES string of the molecule is CSc1ccc(C(=O)Br)cc1. The number of hydrogen-bond acceptors (Lipinski definition) is 2. The number of carbonyl (C=O) groups excluding carboxylic acids is 1. The predicted octanol–water partition coefficient (Wildman–Crippen LogP) is 2.94. The molecule has 11 heavy (non-hydrogen) atoms. The summed E-state index contributed by atoms with van der Waals surface area (Å²) in [6, 6.07) is 7.48. The van der Waals surface area contributed by atoms with Gasteiger partial charge in [-0.1, -0.05) is 0 Å². The van der Waals surface area contributed by atoms with E-state index in [1.807, 2.05) is 30.5 Å². The Hall–Kier alpha value is -0.280. The molecule has 1 rings (SSSR count). The lowest BCUT2D eigenvalue weighted by Gasteiger charge is -1.95. The van der Waals surface area contributed by atoms with Crippen LogP contribution >= 0.6 is 27.7 Å². The van der Waals surface area contributed by atoms with Crippen molar-refractivity contribution in [2.24, 2.45) is 0 Å². The first-order chi connectivity index (χ1) is 5.24. The maximum absolute atomic E-state index is 10.8. The van der Waals surface area contributed by atoms with E-state index in [1.54, 1.807) is 11.8 Å². The van der Waals surface area contributed by atoms with E-state index in [1.165, 1.54) is 4.90 Å².